The number of aliphatic imine (C=N–C) groups is 1. The first-order valence-electron chi connectivity index (χ1n) is 11.8. The lowest BCUT2D eigenvalue weighted by Crippen LogP contribution is -2.32. The van der Waals surface area contributed by atoms with Crippen molar-refractivity contribution in [1.82, 2.24) is 4.98 Å². The summed E-state index contributed by atoms with van der Waals surface area (Å²) >= 11 is 0. The summed E-state index contributed by atoms with van der Waals surface area (Å²) < 4.78 is 10.6. The Morgan fingerprint density at radius 2 is 1.66 bits per heavy atom. The first-order valence-corrected chi connectivity index (χ1v) is 11.8. The Kier molecular flexibility index (Phi) is 6.95. The van der Waals surface area contributed by atoms with Crippen LogP contribution in [0.15, 0.2) is 108 Å². The van der Waals surface area contributed by atoms with Crippen LogP contribution in [0.25, 0.3) is 6.08 Å². The maximum atomic E-state index is 13.5. The summed E-state index contributed by atoms with van der Waals surface area (Å²) in [6.45, 7) is 0. The number of hydrogen-bond acceptors (Lipinski definition) is 6. The normalized spacial score (nSPS) is 13.8. The topological polar surface area (TPSA) is 93.1 Å². The second kappa shape index (κ2) is 10.8. The largest absolute Gasteiger partial charge is 0.497 e. The molecule has 5 rings (SSSR count). The quantitative estimate of drug-likeness (QED) is 0.350. The van der Waals surface area contributed by atoms with E-state index in [1.165, 1.54) is 12.0 Å². The number of benzene rings is 3. The SMILES string of the molecule is COc1ccc(OC)c(NC(=O)c2ccc(N3C(=O)C(=Cc4ccccn4)N=C3c3ccccc3)cc2)c1. The molecule has 0 saturated carbocycles. The predicted octanol–water partition coefficient (Wildman–Crippen LogP) is 5.19. The number of nitrogens with zero attached hydrogens (tertiary/aromatic N) is 3. The molecule has 2 heterocycles. The van der Waals surface area contributed by atoms with E-state index in [-0.39, 0.29) is 17.5 Å². The van der Waals surface area contributed by atoms with Gasteiger partial charge in [-0.3, -0.25) is 19.5 Å². The van der Waals surface area contributed by atoms with Crippen LogP contribution < -0.4 is 19.7 Å². The summed E-state index contributed by atoms with van der Waals surface area (Å²) in [6.07, 6.45) is 3.32. The Labute approximate surface area is 219 Å². The molecule has 0 radical (unpaired) electrons. The van der Waals surface area contributed by atoms with Crippen molar-refractivity contribution in [3.05, 3.63) is 120 Å². The molecule has 8 heteroatoms. The van der Waals surface area contributed by atoms with E-state index >= 15 is 0 Å². The smallest absolute Gasteiger partial charge is 0.282 e. The Morgan fingerprint density at radius 3 is 2.34 bits per heavy atom. The summed E-state index contributed by atoms with van der Waals surface area (Å²) in [5.41, 5.74) is 3.17. The molecule has 0 aliphatic carbocycles. The van der Waals surface area contributed by atoms with Gasteiger partial charge in [0.25, 0.3) is 11.8 Å². The molecule has 8 nitrogen and oxygen atoms in total. The van der Waals surface area contributed by atoms with Gasteiger partial charge in [0.1, 0.15) is 23.0 Å². The average Bonchev–Trinajstić information content (AvgIpc) is 3.29. The maximum Gasteiger partial charge on any atom is 0.282 e. The summed E-state index contributed by atoms with van der Waals surface area (Å²) in [5, 5.41) is 2.85. The maximum absolute atomic E-state index is 13.5. The third-order valence-electron chi connectivity index (χ3n) is 5.91. The van der Waals surface area contributed by atoms with Gasteiger partial charge in [0.05, 0.1) is 31.3 Å². The summed E-state index contributed by atoms with van der Waals surface area (Å²) in [4.78, 5) is 37.0. The summed E-state index contributed by atoms with van der Waals surface area (Å²) in [7, 11) is 3.08. The zero-order chi connectivity index (χ0) is 26.5. The summed E-state index contributed by atoms with van der Waals surface area (Å²) in [5.74, 6) is 0.980. The number of anilines is 2. The first kappa shape index (κ1) is 24.5. The zero-order valence-corrected chi connectivity index (χ0v) is 20.8. The third-order valence-corrected chi connectivity index (χ3v) is 5.91. The molecule has 0 saturated heterocycles. The number of ether oxygens (including phenoxy) is 2. The van der Waals surface area contributed by atoms with Crippen LogP contribution in [-0.2, 0) is 4.79 Å². The number of amides is 2. The van der Waals surface area contributed by atoms with E-state index in [0.29, 0.717) is 40.0 Å². The molecule has 0 bridgehead atoms. The van der Waals surface area contributed by atoms with Gasteiger partial charge in [0, 0.05) is 23.4 Å². The fourth-order valence-electron chi connectivity index (χ4n) is 4.01. The van der Waals surface area contributed by atoms with E-state index in [0.717, 1.165) is 5.56 Å². The monoisotopic (exact) mass is 504 g/mol. The Morgan fingerprint density at radius 1 is 0.895 bits per heavy atom. The van der Waals surface area contributed by atoms with Crippen LogP contribution in [0.2, 0.25) is 0 Å². The van der Waals surface area contributed by atoms with Crippen molar-refractivity contribution in [3.8, 4) is 11.5 Å². The lowest BCUT2D eigenvalue weighted by atomic mass is 10.1. The van der Waals surface area contributed by atoms with E-state index in [2.05, 4.69) is 15.3 Å². The van der Waals surface area contributed by atoms with Crippen LogP contribution in [0.3, 0.4) is 0 Å². The van der Waals surface area contributed by atoms with Gasteiger partial charge in [0.15, 0.2) is 0 Å². The molecule has 0 atom stereocenters. The van der Waals surface area contributed by atoms with Gasteiger partial charge in [-0.15, -0.1) is 0 Å². The number of carbonyl (C=O) groups is 2. The molecule has 1 aliphatic rings. The minimum Gasteiger partial charge on any atom is -0.497 e. The predicted molar refractivity (Wildman–Crippen MR) is 147 cm³/mol. The molecule has 3 aromatic carbocycles. The molecule has 1 aromatic heterocycles. The highest BCUT2D eigenvalue weighted by molar-refractivity contribution is 6.33. The molecule has 1 N–H and O–H groups in total. The molecule has 2 amide bonds. The standard InChI is InChI=1S/C30H24N4O4/c1-37-24-15-16-27(38-2)25(19-24)33-29(35)21-11-13-23(14-12-21)34-28(20-8-4-3-5-9-20)32-26(30(34)36)18-22-10-6-7-17-31-22/h3-19H,1-2H3,(H,33,35). The number of pyridine rings is 1. The molecular weight excluding hydrogens is 480 g/mol. The van der Waals surface area contributed by atoms with Gasteiger partial charge in [-0.05, 0) is 54.6 Å². The van der Waals surface area contributed by atoms with Gasteiger partial charge >= 0.3 is 0 Å². The van der Waals surface area contributed by atoms with Crippen LogP contribution in [0.5, 0.6) is 11.5 Å². The molecule has 188 valence electrons. The van der Waals surface area contributed by atoms with Crippen LogP contribution >= 0.6 is 0 Å². The number of methoxy groups -OCH3 is 2. The molecule has 1 aliphatic heterocycles. The van der Waals surface area contributed by atoms with Crippen molar-refractivity contribution in [2.24, 2.45) is 4.99 Å². The number of aromatic nitrogens is 1. The number of nitrogens with one attached hydrogen (secondary N) is 1. The highest BCUT2D eigenvalue weighted by Crippen LogP contribution is 2.31. The van der Waals surface area contributed by atoms with Crippen molar-refractivity contribution in [3.63, 3.8) is 0 Å². The number of carbonyl (C=O) groups excluding carboxylic acids is 2. The van der Waals surface area contributed by atoms with Crippen molar-refractivity contribution < 1.29 is 19.1 Å². The van der Waals surface area contributed by atoms with E-state index in [1.54, 1.807) is 61.8 Å². The lowest BCUT2D eigenvalue weighted by molar-refractivity contribution is -0.113. The minimum atomic E-state index is -0.330. The fraction of sp³-hybridized carbons (Fsp3) is 0.0667. The lowest BCUT2D eigenvalue weighted by Gasteiger charge is -2.19. The van der Waals surface area contributed by atoms with Gasteiger partial charge in [0.2, 0.25) is 0 Å². The minimum absolute atomic E-state index is 0.273. The van der Waals surface area contributed by atoms with E-state index < -0.39 is 0 Å². The molecular formula is C30H24N4O4. The van der Waals surface area contributed by atoms with Crippen LogP contribution in [0.4, 0.5) is 11.4 Å². The first-order chi connectivity index (χ1) is 18.6. The zero-order valence-electron chi connectivity index (χ0n) is 20.8. The van der Waals surface area contributed by atoms with E-state index in [4.69, 9.17) is 9.47 Å². The molecule has 4 aromatic rings. The van der Waals surface area contributed by atoms with E-state index in [9.17, 15) is 9.59 Å². The Hall–Kier alpha value is -5.24. The highest BCUT2D eigenvalue weighted by Gasteiger charge is 2.32. The molecule has 0 spiro atoms. The number of amidine groups is 1. The molecule has 0 fully saturated rings. The third kappa shape index (κ3) is 5.01. The van der Waals surface area contributed by atoms with Gasteiger partial charge in [-0.1, -0.05) is 36.4 Å². The average molecular weight is 505 g/mol. The van der Waals surface area contributed by atoms with Crippen LogP contribution in [0.1, 0.15) is 21.6 Å². The van der Waals surface area contributed by atoms with Gasteiger partial charge in [-0.2, -0.15) is 0 Å². The van der Waals surface area contributed by atoms with Crippen LogP contribution in [-0.4, -0.2) is 36.9 Å². The highest BCUT2D eigenvalue weighted by atomic mass is 16.5. The van der Waals surface area contributed by atoms with Crippen molar-refractivity contribution in [2.75, 3.05) is 24.4 Å². The van der Waals surface area contributed by atoms with Crippen molar-refractivity contribution >= 4 is 35.1 Å². The second-order valence-corrected chi connectivity index (χ2v) is 8.29. The van der Waals surface area contributed by atoms with Gasteiger partial charge < -0.3 is 14.8 Å². The molecule has 38 heavy (non-hydrogen) atoms. The van der Waals surface area contributed by atoms with E-state index in [1.807, 2.05) is 48.5 Å². The number of hydrogen-bond donors (Lipinski definition) is 1. The number of rotatable bonds is 7. The summed E-state index contributed by atoms with van der Waals surface area (Å²) in [6, 6.07) is 26.9. The fourth-order valence-corrected chi connectivity index (χ4v) is 4.01. The molecule has 0 unspecified atom stereocenters. The van der Waals surface area contributed by atoms with Crippen LogP contribution in [0, 0.1) is 0 Å². The second-order valence-electron chi connectivity index (χ2n) is 8.29. The van der Waals surface area contributed by atoms with Crippen molar-refractivity contribution in [1.29, 1.82) is 0 Å². The Bertz CT molecular complexity index is 1530. The van der Waals surface area contributed by atoms with Gasteiger partial charge in [-0.25, -0.2) is 4.99 Å². The Balaban J connectivity index is 1.44. The van der Waals surface area contributed by atoms with Crippen molar-refractivity contribution in [2.45, 2.75) is 0 Å².